The highest BCUT2D eigenvalue weighted by atomic mass is 79.9. The molecule has 1 amide bonds. The average molecular weight is 538 g/mol. The van der Waals surface area contributed by atoms with Crippen LogP contribution in [0.5, 0.6) is 0 Å². The summed E-state index contributed by atoms with van der Waals surface area (Å²) in [5, 5.41) is 11.3. The highest BCUT2D eigenvalue weighted by Gasteiger charge is 2.32. The number of anilines is 1. The van der Waals surface area contributed by atoms with Gasteiger partial charge in [0.05, 0.1) is 15.1 Å². The second-order valence-electron chi connectivity index (χ2n) is 7.21. The second kappa shape index (κ2) is 9.91. The van der Waals surface area contributed by atoms with Gasteiger partial charge in [-0.3, -0.25) is 4.79 Å². The molecule has 2 aromatic carbocycles. The molecule has 1 aliphatic rings. The van der Waals surface area contributed by atoms with E-state index in [9.17, 15) is 22.0 Å². The Labute approximate surface area is 192 Å². The van der Waals surface area contributed by atoms with Crippen molar-refractivity contribution in [2.75, 3.05) is 25.0 Å². The number of carbonyl (C=O) groups is 1. The molecule has 1 fully saturated rings. The molecular formula is C20H20BrClF2N2O4S. The van der Waals surface area contributed by atoms with Crippen LogP contribution in [0.1, 0.15) is 29.6 Å². The summed E-state index contributed by atoms with van der Waals surface area (Å²) in [5.74, 6) is -2.12. The Kier molecular flexibility index (Phi) is 7.69. The van der Waals surface area contributed by atoms with E-state index in [1.165, 1.54) is 16.4 Å². The number of sulfonamides is 1. The molecule has 2 N–H and O–H groups in total. The van der Waals surface area contributed by atoms with E-state index in [1.807, 2.05) is 0 Å². The number of carbonyl (C=O) groups excluding carboxylic acids is 1. The summed E-state index contributed by atoms with van der Waals surface area (Å²) in [5.41, 5.74) is 0.0197. The number of piperidine rings is 1. The fourth-order valence-corrected chi connectivity index (χ4v) is 5.59. The lowest BCUT2D eigenvalue weighted by molar-refractivity contribution is 0.102. The van der Waals surface area contributed by atoms with Gasteiger partial charge in [0.2, 0.25) is 10.0 Å². The molecule has 0 aliphatic carbocycles. The minimum absolute atomic E-state index is 0.0341. The first-order valence-electron chi connectivity index (χ1n) is 9.50. The third-order valence-electron chi connectivity index (χ3n) is 5.17. The van der Waals surface area contributed by atoms with Gasteiger partial charge in [-0.15, -0.1) is 0 Å². The van der Waals surface area contributed by atoms with E-state index in [2.05, 4.69) is 21.2 Å². The van der Waals surface area contributed by atoms with E-state index in [4.69, 9.17) is 16.7 Å². The molecular weight excluding hydrogens is 518 g/mol. The van der Waals surface area contributed by atoms with Crippen molar-refractivity contribution in [3.05, 3.63) is 57.0 Å². The van der Waals surface area contributed by atoms with Crippen molar-refractivity contribution < 1.29 is 27.1 Å². The largest absolute Gasteiger partial charge is 0.396 e. The van der Waals surface area contributed by atoms with Gasteiger partial charge < -0.3 is 10.4 Å². The Hall–Kier alpha value is -1.59. The lowest BCUT2D eigenvalue weighted by atomic mass is 9.95. The molecule has 0 saturated carbocycles. The third kappa shape index (κ3) is 5.43. The monoisotopic (exact) mass is 536 g/mol. The van der Waals surface area contributed by atoms with Crippen molar-refractivity contribution >= 4 is 49.1 Å². The molecule has 0 atom stereocenters. The number of hydrogen-bond donors (Lipinski definition) is 2. The topological polar surface area (TPSA) is 86.7 Å². The van der Waals surface area contributed by atoms with Gasteiger partial charge in [0, 0.05) is 25.4 Å². The van der Waals surface area contributed by atoms with Gasteiger partial charge >= 0.3 is 0 Å². The Balaban J connectivity index is 1.86. The fourth-order valence-electron chi connectivity index (χ4n) is 3.43. The number of aliphatic hydroxyl groups excluding tert-OH is 1. The number of benzene rings is 2. The number of hydrogen-bond acceptors (Lipinski definition) is 4. The minimum atomic E-state index is -4.19. The van der Waals surface area contributed by atoms with E-state index in [-0.39, 0.29) is 46.4 Å². The maximum absolute atomic E-state index is 14.6. The zero-order valence-corrected chi connectivity index (χ0v) is 19.4. The normalized spacial score (nSPS) is 15.8. The van der Waals surface area contributed by atoms with E-state index in [0.717, 1.165) is 18.2 Å². The Bertz CT molecular complexity index is 1090. The molecule has 1 saturated heterocycles. The number of nitrogens with one attached hydrogen (secondary N) is 1. The Morgan fingerprint density at radius 3 is 2.48 bits per heavy atom. The smallest absolute Gasteiger partial charge is 0.257 e. The van der Waals surface area contributed by atoms with Gasteiger partial charge in [-0.05, 0) is 71.4 Å². The number of amides is 1. The van der Waals surface area contributed by atoms with Gasteiger partial charge in [0.15, 0.2) is 0 Å². The minimum Gasteiger partial charge on any atom is -0.396 e. The van der Waals surface area contributed by atoms with Gasteiger partial charge in [-0.2, -0.15) is 4.31 Å². The summed E-state index contributed by atoms with van der Waals surface area (Å²) < 4.78 is 55.3. The maximum atomic E-state index is 14.6. The quantitative estimate of drug-likeness (QED) is 0.571. The number of nitrogens with zero attached hydrogens (tertiary/aromatic N) is 1. The molecule has 0 aromatic heterocycles. The summed E-state index contributed by atoms with van der Waals surface area (Å²) in [6, 6.07) is 5.51. The first-order chi connectivity index (χ1) is 14.6. The van der Waals surface area contributed by atoms with Crippen molar-refractivity contribution in [1.29, 1.82) is 0 Å². The van der Waals surface area contributed by atoms with E-state index in [1.54, 1.807) is 0 Å². The summed E-state index contributed by atoms with van der Waals surface area (Å²) >= 11 is 9.02. The highest BCUT2D eigenvalue weighted by molar-refractivity contribution is 9.10. The van der Waals surface area contributed by atoms with E-state index in [0.29, 0.717) is 19.3 Å². The molecule has 6 nitrogen and oxygen atoms in total. The molecule has 0 bridgehead atoms. The van der Waals surface area contributed by atoms with Crippen LogP contribution in [0.2, 0.25) is 5.02 Å². The third-order valence-corrected chi connectivity index (χ3v) is 8.01. The first kappa shape index (κ1) is 24.1. The summed E-state index contributed by atoms with van der Waals surface area (Å²) in [6.07, 6.45) is 1.70. The van der Waals surface area contributed by atoms with Crippen LogP contribution in [0.3, 0.4) is 0 Å². The molecule has 1 aliphatic heterocycles. The van der Waals surface area contributed by atoms with Crippen LogP contribution < -0.4 is 5.32 Å². The Morgan fingerprint density at radius 1 is 1.19 bits per heavy atom. The number of halogens is 4. The number of rotatable bonds is 6. The molecule has 2 aromatic rings. The van der Waals surface area contributed by atoms with E-state index < -0.39 is 32.5 Å². The van der Waals surface area contributed by atoms with Crippen molar-refractivity contribution in [2.24, 2.45) is 5.92 Å². The predicted molar refractivity (Wildman–Crippen MR) is 117 cm³/mol. The molecule has 0 radical (unpaired) electrons. The van der Waals surface area contributed by atoms with Crippen LogP contribution in [-0.2, 0) is 10.0 Å². The molecule has 31 heavy (non-hydrogen) atoms. The van der Waals surface area contributed by atoms with Crippen molar-refractivity contribution in [1.82, 2.24) is 4.31 Å². The lowest BCUT2D eigenvalue weighted by Gasteiger charge is -2.31. The first-order valence-corrected chi connectivity index (χ1v) is 12.1. The van der Waals surface area contributed by atoms with Gasteiger partial charge in [0.1, 0.15) is 16.5 Å². The van der Waals surface area contributed by atoms with Crippen LogP contribution in [-0.4, -0.2) is 43.4 Å². The summed E-state index contributed by atoms with van der Waals surface area (Å²) in [6.45, 7) is 0.423. The predicted octanol–water partition coefficient (Wildman–Crippen LogP) is 4.42. The zero-order valence-electron chi connectivity index (χ0n) is 16.2. The standard InChI is InChI=1S/C20H20BrClF2N2O4S/c21-15-9-13(1-2-17(15)23)25-20(28)14-10-19(18(24)11-16(14)22)31(29,30)26-6-3-12(4-7-26)5-8-27/h1-2,9-12,27H,3-8H2,(H,25,28). The van der Waals surface area contributed by atoms with E-state index >= 15 is 0 Å². The van der Waals surface area contributed by atoms with Crippen LogP contribution in [0.25, 0.3) is 0 Å². The van der Waals surface area contributed by atoms with Gasteiger partial charge in [0.25, 0.3) is 5.91 Å². The molecule has 3 rings (SSSR count). The Morgan fingerprint density at radius 2 is 1.87 bits per heavy atom. The summed E-state index contributed by atoms with van der Waals surface area (Å²) in [7, 11) is -4.19. The SMILES string of the molecule is O=C(Nc1ccc(F)c(Br)c1)c1cc(S(=O)(=O)N2CCC(CCO)CC2)c(F)cc1Cl. The average Bonchev–Trinajstić information content (AvgIpc) is 2.71. The van der Waals surface area contributed by atoms with Gasteiger partial charge in [-0.1, -0.05) is 11.6 Å². The zero-order chi connectivity index (χ0) is 22.8. The molecule has 11 heteroatoms. The van der Waals surface area contributed by atoms with Crippen molar-refractivity contribution in [3.8, 4) is 0 Å². The molecule has 168 valence electrons. The maximum Gasteiger partial charge on any atom is 0.257 e. The van der Waals surface area contributed by atoms with Crippen LogP contribution >= 0.6 is 27.5 Å². The molecule has 1 heterocycles. The van der Waals surface area contributed by atoms with Crippen molar-refractivity contribution in [2.45, 2.75) is 24.2 Å². The van der Waals surface area contributed by atoms with Crippen LogP contribution in [0.15, 0.2) is 39.7 Å². The number of aliphatic hydroxyl groups is 1. The molecule has 0 spiro atoms. The fraction of sp³-hybridized carbons (Fsp3) is 0.350. The second-order valence-corrected chi connectivity index (χ2v) is 10.4. The van der Waals surface area contributed by atoms with Crippen LogP contribution in [0, 0.1) is 17.6 Å². The highest BCUT2D eigenvalue weighted by Crippen LogP contribution is 2.30. The lowest BCUT2D eigenvalue weighted by Crippen LogP contribution is -2.39. The summed E-state index contributed by atoms with van der Waals surface area (Å²) in [4.78, 5) is 12.0. The molecule has 0 unspecified atom stereocenters. The van der Waals surface area contributed by atoms with Crippen LogP contribution in [0.4, 0.5) is 14.5 Å². The van der Waals surface area contributed by atoms with Crippen molar-refractivity contribution in [3.63, 3.8) is 0 Å². The van der Waals surface area contributed by atoms with Gasteiger partial charge in [-0.25, -0.2) is 17.2 Å².